The molecule has 204 valence electrons. The summed E-state index contributed by atoms with van der Waals surface area (Å²) in [4.78, 5) is 44.3. The second-order valence-electron chi connectivity index (χ2n) is 9.29. The van der Waals surface area contributed by atoms with Gasteiger partial charge < -0.3 is 15.0 Å². The third-order valence-corrected chi connectivity index (χ3v) is 8.57. The Kier molecular flexibility index (Phi) is 8.28. The van der Waals surface area contributed by atoms with Crippen molar-refractivity contribution in [2.24, 2.45) is 5.92 Å². The van der Waals surface area contributed by atoms with E-state index in [0.29, 0.717) is 10.2 Å². The molecule has 0 aliphatic carbocycles. The first-order chi connectivity index (χ1) is 18.5. The number of sulfonamides is 1. The molecule has 1 atom stereocenters. The van der Waals surface area contributed by atoms with Gasteiger partial charge in [-0.05, 0) is 58.7 Å². The molecule has 4 rings (SSSR count). The molecule has 0 unspecified atom stereocenters. The number of H-pyrrole nitrogens is 1. The summed E-state index contributed by atoms with van der Waals surface area (Å²) in [5, 5.41) is 5.08. The molecule has 0 saturated heterocycles. The summed E-state index contributed by atoms with van der Waals surface area (Å²) in [6.45, 7) is 5.46. The quantitative estimate of drug-likeness (QED) is 0.262. The molecule has 0 saturated carbocycles. The van der Waals surface area contributed by atoms with Crippen LogP contribution in [-0.4, -0.2) is 43.4 Å². The van der Waals surface area contributed by atoms with Crippen LogP contribution in [0.3, 0.4) is 0 Å². The third kappa shape index (κ3) is 6.24. The van der Waals surface area contributed by atoms with Crippen molar-refractivity contribution >= 4 is 43.5 Å². The fourth-order valence-electron chi connectivity index (χ4n) is 3.97. The van der Waals surface area contributed by atoms with Crippen LogP contribution in [0.4, 0.5) is 0 Å². The molecule has 2 heterocycles. The maximum absolute atomic E-state index is 12.8. The van der Waals surface area contributed by atoms with Crippen molar-refractivity contribution in [2.45, 2.75) is 38.3 Å². The van der Waals surface area contributed by atoms with Gasteiger partial charge in [0.2, 0.25) is 15.8 Å². The Labute approximate surface area is 229 Å². The lowest BCUT2D eigenvalue weighted by Gasteiger charge is -2.19. The fourth-order valence-corrected chi connectivity index (χ4v) is 6.22. The molecule has 2 aromatic heterocycles. The van der Waals surface area contributed by atoms with Gasteiger partial charge >= 0.3 is 5.97 Å². The average molecular weight is 569 g/mol. The van der Waals surface area contributed by atoms with E-state index in [1.165, 1.54) is 30.6 Å². The van der Waals surface area contributed by atoms with E-state index in [1.807, 2.05) is 36.6 Å². The number of methoxy groups -OCH3 is 1. The lowest BCUT2D eigenvalue weighted by atomic mass is 10.0. The Bertz CT molecular complexity index is 1690. The third-order valence-electron chi connectivity index (χ3n) is 6.12. The number of carbonyl (C=O) groups is 2. The molecule has 4 aromatic rings. The van der Waals surface area contributed by atoms with Crippen molar-refractivity contribution in [3.05, 3.63) is 81.2 Å². The van der Waals surface area contributed by atoms with Crippen LogP contribution < -0.4 is 15.6 Å². The monoisotopic (exact) mass is 568 g/mol. The maximum Gasteiger partial charge on any atom is 0.324 e. The molecule has 0 aliphatic rings. The molecular weight excluding hydrogens is 540 g/mol. The Hall–Kier alpha value is -3.87. The van der Waals surface area contributed by atoms with Crippen LogP contribution in [0.2, 0.25) is 0 Å². The second-order valence-corrected chi connectivity index (χ2v) is 11.9. The number of esters is 1. The van der Waals surface area contributed by atoms with Gasteiger partial charge in [-0.1, -0.05) is 44.2 Å². The number of aromatic amines is 1. The molecule has 0 bridgehead atoms. The van der Waals surface area contributed by atoms with Gasteiger partial charge in [0.1, 0.15) is 10.9 Å². The van der Waals surface area contributed by atoms with E-state index in [2.05, 4.69) is 20.0 Å². The molecule has 1 amide bonds. The van der Waals surface area contributed by atoms with Crippen LogP contribution in [0.15, 0.2) is 63.6 Å². The number of carbonyl (C=O) groups excluding carboxylic acids is 2. The molecule has 2 aromatic carbocycles. The first-order valence-electron chi connectivity index (χ1n) is 12.1. The smallest absolute Gasteiger partial charge is 0.324 e. The Balaban J connectivity index is 1.46. The van der Waals surface area contributed by atoms with Gasteiger partial charge in [-0.2, -0.15) is 4.72 Å². The van der Waals surface area contributed by atoms with Crippen molar-refractivity contribution in [3.63, 3.8) is 0 Å². The van der Waals surface area contributed by atoms with Gasteiger partial charge in [0.05, 0.1) is 17.4 Å². The first kappa shape index (κ1) is 28.1. The van der Waals surface area contributed by atoms with Gasteiger partial charge in [0.25, 0.3) is 11.5 Å². The minimum Gasteiger partial charge on any atom is -0.468 e. The molecule has 39 heavy (non-hydrogen) atoms. The molecule has 0 radical (unpaired) electrons. The van der Waals surface area contributed by atoms with E-state index in [4.69, 9.17) is 4.74 Å². The van der Waals surface area contributed by atoms with Crippen molar-refractivity contribution in [3.8, 4) is 11.1 Å². The Morgan fingerprint density at radius 3 is 2.49 bits per heavy atom. The highest BCUT2D eigenvalue weighted by molar-refractivity contribution is 7.89. The predicted molar refractivity (Wildman–Crippen MR) is 149 cm³/mol. The standard InChI is InChI=1S/C27H28N4O6S2/c1-15(2)22(27(34)37-4)31-39(35,36)20-10-8-18(9-11-20)19-7-5-6-17(12-19)13-28-25(33)23-29-24(32)21-16(3)14-38-26(21)30-23/h5-12,14-15,22,31H,13H2,1-4H3,(H,28,33)(H,29,30,32)/t22-/m0/s1. The largest absolute Gasteiger partial charge is 0.468 e. The molecule has 0 fully saturated rings. The van der Waals surface area contributed by atoms with Crippen LogP contribution in [0.1, 0.15) is 35.6 Å². The summed E-state index contributed by atoms with van der Waals surface area (Å²) in [6, 6.07) is 12.7. The number of benzene rings is 2. The number of amides is 1. The Morgan fingerprint density at radius 2 is 1.82 bits per heavy atom. The van der Waals surface area contributed by atoms with Crippen LogP contribution in [0.25, 0.3) is 21.3 Å². The number of hydrogen-bond donors (Lipinski definition) is 3. The fraction of sp³-hybridized carbons (Fsp3) is 0.259. The van der Waals surface area contributed by atoms with E-state index < -0.39 is 27.9 Å². The number of aryl methyl sites for hydroxylation is 1. The highest BCUT2D eigenvalue weighted by Crippen LogP contribution is 2.23. The molecular formula is C27H28N4O6S2. The van der Waals surface area contributed by atoms with Gasteiger partial charge in [0.15, 0.2) is 0 Å². The lowest BCUT2D eigenvalue weighted by Crippen LogP contribution is -2.44. The molecule has 0 spiro atoms. The van der Waals surface area contributed by atoms with Crippen LogP contribution >= 0.6 is 11.3 Å². The van der Waals surface area contributed by atoms with Crippen LogP contribution in [0, 0.1) is 12.8 Å². The van der Waals surface area contributed by atoms with Crippen molar-refractivity contribution in [1.29, 1.82) is 0 Å². The van der Waals surface area contributed by atoms with E-state index >= 15 is 0 Å². The molecule has 10 nitrogen and oxygen atoms in total. The zero-order chi connectivity index (χ0) is 28.3. The zero-order valence-electron chi connectivity index (χ0n) is 21.8. The van der Waals surface area contributed by atoms with Gasteiger partial charge in [0, 0.05) is 6.54 Å². The lowest BCUT2D eigenvalue weighted by molar-refractivity contribution is -0.143. The molecule has 0 aliphatic heterocycles. The summed E-state index contributed by atoms with van der Waals surface area (Å²) in [5.74, 6) is -1.51. The minimum absolute atomic E-state index is 0.0172. The summed E-state index contributed by atoms with van der Waals surface area (Å²) < 4.78 is 32.8. The summed E-state index contributed by atoms with van der Waals surface area (Å²) >= 11 is 1.31. The predicted octanol–water partition coefficient (Wildman–Crippen LogP) is 3.37. The number of fused-ring (bicyclic) bond motifs is 1. The van der Waals surface area contributed by atoms with Gasteiger partial charge in [-0.25, -0.2) is 13.4 Å². The minimum atomic E-state index is -3.96. The van der Waals surface area contributed by atoms with Crippen molar-refractivity contribution in [2.75, 3.05) is 7.11 Å². The first-order valence-corrected chi connectivity index (χ1v) is 14.4. The van der Waals surface area contributed by atoms with E-state index in [-0.39, 0.29) is 28.7 Å². The van der Waals surface area contributed by atoms with E-state index in [0.717, 1.165) is 22.3 Å². The number of ether oxygens (including phenoxy) is 1. The maximum atomic E-state index is 12.8. The van der Waals surface area contributed by atoms with Crippen molar-refractivity contribution in [1.82, 2.24) is 20.0 Å². The zero-order valence-corrected chi connectivity index (χ0v) is 23.4. The molecule has 12 heteroatoms. The normalized spacial score (nSPS) is 12.4. The van der Waals surface area contributed by atoms with Crippen LogP contribution in [0.5, 0.6) is 0 Å². The van der Waals surface area contributed by atoms with E-state index in [9.17, 15) is 22.8 Å². The summed E-state index contributed by atoms with van der Waals surface area (Å²) in [6.07, 6.45) is 0. The second kappa shape index (κ2) is 11.5. The van der Waals surface area contributed by atoms with Gasteiger partial charge in [-0.3, -0.25) is 14.4 Å². The SMILES string of the molecule is COC(=O)[C@@H](NS(=O)(=O)c1ccc(-c2cccc(CNC(=O)c3nc4scc(C)c4c(=O)[nH]3)c2)cc1)C(C)C. The summed E-state index contributed by atoms with van der Waals surface area (Å²) in [7, 11) is -2.74. The molecule has 3 N–H and O–H groups in total. The number of hydrogen-bond acceptors (Lipinski definition) is 8. The highest BCUT2D eigenvalue weighted by Gasteiger charge is 2.29. The van der Waals surface area contributed by atoms with Gasteiger partial charge in [-0.15, -0.1) is 11.3 Å². The average Bonchev–Trinajstić information content (AvgIpc) is 3.31. The van der Waals surface area contributed by atoms with E-state index in [1.54, 1.807) is 26.0 Å². The highest BCUT2D eigenvalue weighted by atomic mass is 32.2. The number of rotatable bonds is 9. The topological polar surface area (TPSA) is 147 Å². The number of nitrogens with zero attached hydrogens (tertiary/aromatic N) is 1. The number of nitrogens with one attached hydrogen (secondary N) is 3. The summed E-state index contributed by atoms with van der Waals surface area (Å²) in [5.41, 5.74) is 2.84. The van der Waals surface area contributed by atoms with Crippen molar-refractivity contribution < 1.29 is 22.7 Å². The Morgan fingerprint density at radius 1 is 1.10 bits per heavy atom. The number of aromatic nitrogens is 2. The number of thiophene rings is 1. The van der Waals surface area contributed by atoms with Crippen LogP contribution in [-0.2, 0) is 26.1 Å².